The van der Waals surface area contributed by atoms with Crippen LogP contribution in [0.2, 0.25) is 0 Å². The molecule has 0 rings (SSSR count). The molecular weight excluding hydrogens is 85.6 g/mol. The molecule has 34 valence electrons. The molecule has 6 heavy (non-hydrogen) atoms. The lowest BCUT2D eigenvalue weighted by Gasteiger charge is -1.89. The molecule has 0 aliphatic rings. The van der Waals surface area contributed by atoms with Crippen LogP contribution in [0.5, 0.6) is 0 Å². The number of hydrogen-bond donors (Lipinski definition) is 3. The van der Waals surface area contributed by atoms with Gasteiger partial charge in [-0.25, -0.2) is 0 Å². The molecule has 0 saturated heterocycles. The Morgan fingerprint density at radius 2 is 2.00 bits per heavy atom. The zero-order chi connectivity index (χ0) is 4.99. The van der Waals surface area contributed by atoms with E-state index in [2.05, 4.69) is 4.57 Å². The SMILES string of the molecule is OBOB(O)O. The molecule has 0 aromatic carbocycles. The highest BCUT2D eigenvalue weighted by molar-refractivity contribution is 6.42. The van der Waals surface area contributed by atoms with Crippen molar-refractivity contribution >= 4 is 15.0 Å². The Balaban J connectivity index is 2.63. The first-order valence-electron chi connectivity index (χ1n) is 1.36. The van der Waals surface area contributed by atoms with Gasteiger partial charge in [0.2, 0.25) is 0 Å². The molecule has 0 atom stereocenters. The maximum atomic E-state index is 7.73. The molecule has 0 aromatic rings. The smallest absolute Gasteiger partial charge is 0.431 e. The molecule has 0 unspecified atom stereocenters. The fraction of sp³-hybridized carbons (Fsp3) is 0. The van der Waals surface area contributed by atoms with Crippen LogP contribution in [0, 0.1) is 0 Å². The zero-order valence-corrected chi connectivity index (χ0v) is 3.03. The Kier molecular flexibility index (Phi) is 3.16. The van der Waals surface area contributed by atoms with Crippen molar-refractivity contribution < 1.29 is 19.6 Å². The second-order valence-electron chi connectivity index (χ2n) is 0.622. The first-order chi connectivity index (χ1) is 2.77. The summed E-state index contributed by atoms with van der Waals surface area (Å²) < 4.78 is 3.71. The van der Waals surface area contributed by atoms with Crippen molar-refractivity contribution in [1.29, 1.82) is 0 Å². The highest BCUT2D eigenvalue weighted by atomic mass is 16.6. The Labute approximate surface area is 35.9 Å². The first kappa shape index (κ1) is 5.97. The molecule has 0 bridgehead atoms. The second-order valence-corrected chi connectivity index (χ2v) is 0.622. The molecule has 4 nitrogen and oxygen atoms in total. The van der Waals surface area contributed by atoms with Crippen molar-refractivity contribution in [2.45, 2.75) is 0 Å². The fourth-order valence-electron chi connectivity index (χ4n) is 0.0667. The quantitative estimate of drug-likeness (QED) is 0.321. The van der Waals surface area contributed by atoms with Crippen LogP contribution >= 0.6 is 0 Å². The lowest BCUT2D eigenvalue weighted by atomic mass is 10.2. The third-order valence-electron chi connectivity index (χ3n) is 0.224. The topological polar surface area (TPSA) is 69.9 Å². The van der Waals surface area contributed by atoms with Gasteiger partial charge in [0.15, 0.2) is 0 Å². The van der Waals surface area contributed by atoms with E-state index >= 15 is 0 Å². The molecule has 0 radical (unpaired) electrons. The number of rotatable bonds is 2. The summed E-state index contributed by atoms with van der Waals surface area (Å²) in [6.45, 7) is 0. The van der Waals surface area contributed by atoms with E-state index in [1.807, 2.05) is 0 Å². The molecule has 6 heteroatoms. The minimum absolute atomic E-state index is 0.669. The maximum Gasteiger partial charge on any atom is 0.619 e. The van der Waals surface area contributed by atoms with Crippen molar-refractivity contribution in [3.8, 4) is 0 Å². The lowest BCUT2D eigenvalue weighted by molar-refractivity contribution is 0.275. The van der Waals surface area contributed by atoms with E-state index in [9.17, 15) is 0 Å². The standard InChI is InChI=1S/B2H4O4/c3-1-6-2(4)5/h1,3-5H. The highest BCUT2D eigenvalue weighted by Crippen LogP contribution is 1.63. The van der Waals surface area contributed by atoms with Crippen LogP contribution in [-0.4, -0.2) is 30.1 Å². The van der Waals surface area contributed by atoms with Gasteiger partial charge < -0.3 is 19.6 Å². The molecular formula is H4B2O4. The maximum absolute atomic E-state index is 7.73. The molecule has 0 amide bonds. The van der Waals surface area contributed by atoms with Gasteiger partial charge in [0.25, 0.3) is 0 Å². The van der Waals surface area contributed by atoms with Crippen molar-refractivity contribution in [2.75, 3.05) is 0 Å². The molecule has 0 heterocycles. The molecule has 3 N–H and O–H groups in total. The third-order valence-corrected chi connectivity index (χ3v) is 0.224. The average molecular weight is 89.7 g/mol. The molecule has 0 aromatic heterocycles. The molecule has 0 aliphatic carbocycles. The van der Waals surface area contributed by atoms with E-state index in [1.165, 1.54) is 0 Å². The predicted molar refractivity (Wildman–Crippen MR) is 20.6 cm³/mol. The van der Waals surface area contributed by atoms with E-state index in [0.717, 1.165) is 0 Å². The Bertz CT molecular complexity index is 26.7. The van der Waals surface area contributed by atoms with Crippen LogP contribution in [0.1, 0.15) is 0 Å². The van der Waals surface area contributed by atoms with E-state index in [1.54, 1.807) is 0 Å². The van der Waals surface area contributed by atoms with Crippen molar-refractivity contribution in [3.63, 3.8) is 0 Å². The van der Waals surface area contributed by atoms with Gasteiger partial charge in [0.05, 0.1) is 0 Å². The fourth-order valence-corrected chi connectivity index (χ4v) is 0.0667. The van der Waals surface area contributed by atoms with Gasteiger partial charge in [0.1, 0.15) is 0 Å². The molecule has 0 spiro atoms. The van der Waals surface area contributed by atoms with Gasteiger partial charge >= 0.3 is 15.0 Å². The van der Waals surface area contributed by atoms with Gasteiger partial charge in [0, 0.05) is 0 Å². The van der Waals surface area contributed by atoms with Gasteiger partial charge in [-0.05, 0) is 0 Å². The van der Waals surface area contributed by atoms with Gasteiger partial charge in [-0.3, -0.25) is 0 Å². The van der Waals surface area contributed by atoms with Crippen LogP contribution in [0.25, 0.3) is 0 Å². The predicted octanol–water partition coefficient (Wildman–Crippen LogP) is -2.77. The van der Waals surface area contributed by atoms with Gasteiger partial charge in [-0.15, -0.1) is 0 Å². The Hall–Kier alpha value is -0.0301. The van der Waals surface area contributed by atoms with Gasteiger partial charge in [-0.1, -0.05) is 0 Å². The summed E-state index contributed by atoms with van der Waals surface area (Å²) in [5, 5.41) is 23.1. The highest BCUT2D eigenvalue weighted by Gasteiger charge is 2.05. The normalized spacial score (nSPS) is 7.83. The van der Waals surface area contributed by atoms with E-state index in [4.69, 9.17) is 15.1 Å². The minimum atomic E-state index is -1.85. The zero-order valence-electron chi connectivity index (χ0n) is 3.03. The van der Waals surface area contributed by atoms with Crippen molar-refractivity contribution in [3.05, 3.63) is 0 Å². The van der Waals surface area contributed by atoms with Crippen LogP contribution in [0.4, 0.5) is 0 Å². The summed E-state index contributed by atoms with van der Waals surface area (Å²) in [5.74, 6) is 0. The monoisotopic (exact) mass is 90.0 g/mol. The van der Waals surface area contributed by atoms with E-state index in [0.29, 0.717) is 0 Å². The van der Waals surface area contributed by atoms with Gasteiger partial charge in [-0.2, -0.15) is 0 Å². The summed E-state index contributed by atoms with van der Waals surface area (Å²) in [5.41, 5.74) is 0. The third kappa shape index (κ3) is 3.97. The second kappa shape index (κ2) is 3.17. The van der Waals surface area contributed by atoms with E-state index < -0.39 is 15.0 Å². The lowest BCUT2D eigenvalue weighted by Crippen LogP contribution is -2.18. The van der Waals surface area contributed by atoms with Crippen LogP contribution in [-0.2, 0) is 4.57 Å². The largest absolute Gasteiger partial charge is 0.619 e. The Morgan fingerprint density at radius 3 is 2.00 bits per heavy atom. The van der Waals surface area contributed by atoms with Crippen LogP contribution in [0.3, 0.4) is 0 Å². The number of hydrogen-bond acceptors (Lipinski definition) is 4. The summed E-state index contributed by atoms with van der Waals surface area (Å²) in [4.78, 5) is 0. The van der Waals surface area contributed by atoms with Crippen molar-refractivity contribution in [1.82, 2.24) is 0 Å². The summed E-state index contributed by atoms with van der Waals surface area (Å²) >= 11 is 0. The summed E-state index contributed by atoms with van der Waals surface area (Å²) in [6.07, 6.45) is 0. The minimum Gasteiger partial charge on any atom is -0.431 e. The first-order valence-corrected chi connectivity index (χ1v) is 1.36. The molecule has 0 saturated carbocycles. The Morgan fingerprint density at radius 1 is 1.50 bits per heavy atom. The van der Waals surface area contributed by atoms with Crippen LogP contribution in [0.15, 0.2) is 0 Å². The molecule has 0 fully saturated rings. The molecule has 0 aliphatic heterocycles. The van der Waals surface area contributed by atoms with E-state index in [-0.39, 0.29) is 0 Å². The summed E-state index contributed by atoms with van der Waals surface area (Å²) in [6, 6.07) is 0. The average Bonchev–Trinajstić information content (AvgIpc) is 1.35. The summed E-state index contributed by atoms with van der Waals surface area (Å²) in [7, 11) is -2.52. The van der Waals surface area contributed by atoms with Crippen LogP contribution < -0.4 is 0 Å². The van der Waals surface area contributed by atoms with Crippen molar-refractivity contribution in [2.24, 2.45) is 0 Å².